The zero-order chi connectivity index (χ0) is 62.8. The van der Waals surface area contributed by atoms with Gasteiger partial charge in [0.1, 0.15) is 0 Å². The van der Waals surface area contributed by atoms with Crippen LogP contribution in [0.2, 0.25) is 0 Å². The third-order valence-corrected chi connectivity index (χ3v) is 21.7. The van der Waals surface area contributed by atoms with Gasteiger partial charge in [0.25, 0.3) is 0 Å². The lowest BCUT2D eigenvalue weighted by atomic mass is 9.67. The van der Waals surface area contributed by atoms with Gasteiger partial charge in [-0.05, 0) is 189 Å². The summed E-state index contributed by atoms with van der Waals surface area (Å²) in [6, 6.07) is 122. The molecular formula is C92H56N4. The Hall–Kier alpha value is -12.5. The molecule has 18 aromatic rings. The molecule has 0 N–H and O–H groups in total. The zero-order valence-corrected chi connectivity index (χ0v) is 52.1. The van der Waals surface area contributed by atoms with Crippen LogP contribution in [0.15, 0.2) is 340 Å². The van der Waals surface area contributed by atoms with E-state index in [-0.39, 0.29) is 0 Å². The molecule has 0 bridgehead atoms. The van der Waals surface area contributed by atoms with Crippen molar-refractivity contribution in [2.24, 2.45) is 0 Å². The molecule has 96 heavy (non-hydrogen) atoms. The molecule has 21 rings (SSSR count). The van der Waals surface area contributed by atoms with Crippen molar-refractivity contribution in [3.63, 3.8) is 0 Å². The maximum Gasteiger partial charge on any atom is 0.0877 e. The van der Waals surface area contributed by atoms with Crippen molar-refractivity contribution >= 4 is 54.9 Å². The minimum absolute atomic E-state index is 0.414. The van der Waals surface area contributed by atoms with Crippen LogP contribution in [-0.4, -0.2) is 18.8 Å². The van der Waals surface area contributed by atoms with Crippen LogP contribution in [-0.2, 0) is 10.8 Å². The quantitative estimate of drug-likeness (QED) is 0.159. The molecule has 0 saturated heterocycles. The number of benzene rings is 14. The summed E-state index contributed by atoms with van der Waals surface area (Å²) in [4.78, 5) is 10.4. The van der Waals surface area contributed by atoms with Crippen LogP contribution in [0.25, 0.3) is 144 Å². The molecule has 4 heteroatoms. The summed E-state index contributed by atoms with van der Waals surface area (Å²) in [5, 5.41) is 2.40. The van der Waals surface area contributed by atoms with Crippen LogP contribution in [0, 0.1) is 0 Å². The monoisotopic (exact) mass is 1220 g/mol. The van der Waals surface area contributed by atoms with Crippen LogP contribution in [0.1, 0.15) is 44.5 Å². The maximum absolute atomic E-state index is 5.39. The van der Waals surface area contributed by atoms with Crippen LogP contribution in [0.5, 0.6) is 0 Å². The van der Waals surface area contributed by atoms with E-state index in [0.29, 0.717) is 0 Å². The molecule has 0 fully saturated rings. The van der Waals surface area contributed by atoms with Crippen LogP contribution < -0.4 is 0 Å². The van der Waals surface area contributed by atoms with Crippen molar-refractivity contribution in [2.45, 2.75) is 10.8 Å². The van der Waals surface area contributed by atoms with Gasteiger partial charge >= 0.3 is 0 Å². The number of para-hydroxylation sites is 4. The van der Waals surface area contributed by atoms with Gasteiger partial charge in [-0.1, -0.05) is 261 Å². The predicted molar refractivity (Wildman–Crippen MR) is 395 cm³/mol. The molecule has 4 nitrogen and oxygen atoms in total. The topological polar surface area (TPSA) is 34.6 Å². The first-order valence-corrected chi connectivity index (χ1v) is 33.3. The first-order chi connectivity index (χ1) is 47.6. The van der Waals surface area contributed by atoms with Gasteiger partial charge < -0.3 is 8.80 Å². The minimum Gasteiger partial charge on any atom is -0.306 e. The van der Waals surface area contributed by atoms with E-state index in [0.717, 1.165) is 72.0 Å². The standard InChI is InChI=1S/C92H56N4/c1-2-26-65(27-3-1)91(75-35-10-4-31-69(75)71-46-43-60(52-79(71)91)57-21-18-24-63(49-57)89-73-33-8-15-40-83(73)95-85-42-17-14-39-81(85)93-55-87(89)95)66-28-20-23-59(51-66)62-45-48-86-82(54-62)94-56-88-90(74-34-9-16-41-84(74)96(86)88)64-25-19-22-58(50-64)61-44-47-72-70-32-7-13-38-78(70)92(80(72)53-61)76-36-11-5-29-67(76)68-30-6-12-37-77(68)92/h1-56H. The summed E-state index contributed by atoms with van der Waals surface area (Å²) in [6.07, 6.45) is 4.14. The molecule has 3 aliphatic carbocycles. The van der Waals surface area contributed by atoms with Crippen LogP contribution in [0.3, 0.4) is 0 Å². The van der Waals surface area contributed by atoms with Crippen molar-refractivity contribution in [3.05, 3.63) is 384 Å². The van der Waals surface area contributed by atoms with E-state index in [9.17, 15) is 0 Å². The molecule has 444 valence electrons. The first kappa shape index (κ1) is 53.1. The van der Waals surface area contributed by atoms with E-state index in [1.807, 2.05) is 6.20 Å². The Morgan fingerprint density at radius 2 is 0.583 bits per heavy atom. The summed E-state index contributed by atoms with van der Waals surface area (Å²) in [5.74, 6) is 0. The minimum atomic E-state index is -0.639. The Morgan fingerprint density at radius 3 is 1.15 bits per heavy atom. The van der Waals surface area contributed by atoms with Gasteiger partial charge in [-0.3, -0.25) is 9.97 Å². The molecule has 0 aliphatic heterocycles. The second-order valence-corrected chi connectivity index (χ2v) is 26.2. The smallest absolute Gasteiger partial charge is 0.0877 e. The highest BCUT2D eigenvalue weighted by molar-refractivity contribution is 6.10. The van der Waals surface area contributed by atoms with Crippen LogP contribution in [0.4, 0.5) is 0 Å². The maximum atomic E-state index is 5.39. The molecule has 0 radical (unpaired) electrons. The van der Waals surface area contributed by atoms with Gasteiger partial charge in [-0.2, -0.15) is 0 Å². The largest absolute Gasteiger partial charge is 0.306 e. The lowest BCUT2D eigenvalue weighted by Crippen LogP contribution is -2.28. The summed E-state index contributed by atoms with van der Waals surface area (Å²) >= 11 is 0. The molecule has 4 heterocycles. The Kier molecular flexibility index (Phi) is 11.1. The molecule has 1 atom stereocenters. The number of hydrogen-bond donors (Lipinski definition) is 0. The highest BCUT2D eigenvalue weighted by atomic mass is 14.9. The highest BCUT2D eigenvalue weighted by Crippen LogP contribution is 2.64. The van der Waals surface area contributed by atoms with Gasteiger partial charge in [-0.15, -0.1) is 0 Å². The van der Waals surface area contributed by atoms with Crippen molar-refractivity contribution < 1.29 is 0 Å². The van der Waals surface area contributed by atoms with E-state index in [1.165, 1.54) is 116 Å². The highest BCUT2D eigenvalue weighted by Gasteiger charge is 2.52. The summed E-state index contributed by atoms with van der Waals surface area (Å²) in [7, 11) is 0. The van der Waals surface area contributed by atoms with Gasteiger partial charge in [0.05, 0.1) is 67.4 Å². The SMILES string of the molecule is c1ccc(C2(c3cccc(-c4ccc5c(c4)ncc4c(-c6cccc(-c7ccc8c(c7)C7(c9ccccc9-c9ccccc97)c7ccccc7-8)c6)c6ccccc6n45)c3)c3ccccc3-c3ccc(-c4cccc(-c5c6ccccc6n6c5cnc5ccccc56)c4)cc32)cc1. The Labute approximate surface area is 554 Å². The average molecular weight is 1220 g/mol. The van der Waals surface area contributed by atoms with Crippen molar-refractivity contribution in [1.82, 2.24) is 18.8 Å². The van der Waals surface area contributed by atoms with E-state index in [2.05, 4.69) is 343 Å². The molecule has 0 amide bonds. The number of fused-ring (bicyclic) bond motifs is 23. The van der Waals surface area contributed by atoms with Gasteiger partial charge in [0, 0.05) is 21.9 Å². The summed E-state index contributed by atoms with van der Waals surface area (Å²) in [6.45, 7) is 0. The molecule has 1 spiro atoms. The second kappa shape index (κ2) is 20.0. The molecule has 4 aromatic heterocycles. The third kappa shape index (κ3) is 7.16. The van der Waals surface area contributed by atoms with Gasteiger partial charge in [-0.25, -0.2) is 0 Å². The molecule has 0 saturated carbocycles. The molecule has 14 aromatic carbocycles. The fourth-order valence-electron chi connectivity index (χ4n) is 17.8. The van der Waals surface area contributed by atoms with Crippen molar-refractivity contribution in [3.8, 4) is 89.0 Å². The summed E-state index contributed by atoms with van der Waals surface area (Å²) < 4.78 is 4.80. The fourth-order valence-corrected chi connectivity index (χ4v) is 17.8. The predicted octanol–water partition coefficient (Wildman–Crippen LogP) is 22.6. The second-order valence-electron chi connectivity index (χ2n) is 26.2. The van der Waals surface area contributed by atoms with Gasteiger partial charge in [0.2, 0.25) is 0 Å². The average Bonchev–Trinajstić information content (AvgIpc) is 1.52. The molecule has 3 aliphatic rings. The van der Waals surface area contributed by atoms with E-state index in [1.54, 1.807) is 0 Å². The fraction of sp³-hybridized carbons (Fsp3) is 0.0217. The normalized spacial score (nSPS) is 14.6. The van der Waals surface area contributed by atoms with E-state index < -0.39 is 10.8 Å². The van der Waals surface area contributed by atoms with Crippen molar-refractivity contribution in [1.29, 1.82) is 0 Å². The third-order valence-electron chi connectivity index (χ3n) is 21.7. The first-order valence-electron chi connectivity index (χ1n) is 33.3. The Morgan fingerprint density at radius 1 is 0.208 bits per heavy atom. The van der Waals surface area contributed by atoms with Gasteiger partial charge in [0.15, 0.2) is 0 Å². The number of hydrogen-bond acceptors (Lipinski definition) is 2. The lowest BCUT2D eigenvalue weighted by Gasteiger charge is -2.34. The number of nitrogens with zero attached hydrogens (tertiary/aromatic N) is 4. The summed E-state index contributed by atoms with van der Waals surface area (Å²) in [5.41, 5.74) is 37.2. The number of rotatable bonds is 7. The zero-order valence-electron chi connectivity index (χ0n) is 52.1. The van der Waals surface area contributed by atoms with E-state index in [4.69, 9.17) is 9.97 Å². The molecule has 1 unspecified atom stereocenters. The Bertz CT molecular complexity index is 6300. The molecular weight excluding hydrogens is 1160 g/mol. The number of aromatic nitrogens is 4. The van der Waals surface area contributed by atoms with Crippen molar-refractivity contribution in [2.75, 3.05) is 0 Å². The van der Waals surface area contributed by atoms with Crippen LogP contribution >= 0.6 is 0 Å². The lowest BCUT2D eigenvalue weighted by molar-refractivity contribution is 0.769. The van der Waals surface area contributed by atoms with E-state index >= 15 is 0 Å². The Balaban J connectivity index is 0.675.